The summed E-state index contributed by atoms with van der Waals surface area (Å²) in [4.78, 5) is 24.8. The van der Waals surface area contributed by atoms with Gasteiger partial charge in [0.2, 0.25) is 0 Å². The van der Waals surface area contributed by atoms with Crippen LogP contribution in [0.4, 0.5) is 0 Å². The molecule has 0 atom stereocenters. The molecule has 6 heteroatoms. The second-order valence-electron chi connectivity index (χ2n) is 4.88. The zero-order valence-corrected chi connectivity index (χ0v) is 12.1. The molecule has 0 unspecified atom stereocenters. The molecule has 0 saturated carbocycles. The third-order valence-corrected chi connectivity index (χ3v) is 3.29. The van der Waals surface area contributed by atoms with Gasteiger partial charge in [-0.1, -0.05) is 6.42 Å². The highest BCUT2D eigenvalue weighted by Gasteiger charge is 2.15. The first-order valence-electron chi connectivity index (χ1n) is 5.76. The second-order valence-corrected chi connectivity index (χ2v) is 5.74. The average Bonchev–Trinajstić information content (AvgIpc) is 2.31. The lowest BCUT2D eigenvalue weighted by molar-refractivity contribution is 0.414. The minimum atomic E-state index is -0.415. The van der Waals surface area contributed by atoms with Gasteiger partial charge in [-0.2, -0.15) is 5.26 Å². The normalized spacial score (nSPS) is 11.2. The van der Waals surface area contributed by atoms with Crippen LogP contribution in [-0.2, 0) is 6.54 Å². The Hall–Kier alpha value is -1.35. The Morgan fingerprint density at radius 1 is 1.44 bits per heavy atom. The molecular weight excluding hydrogens is 298 g/mol. The topological polar surface area (TPSA) is 78.7 Å². The van der Waals surface area contributed by atoms with Crippen LogP contribution in [0, 0.1) is 16.7 Å². The van der Waals surface area contributed by atoms with E-state index >= 15 is 0 Å². The number of aromatic nitrogens is 2. The monoisotopic (exact) mass is 313 g/mol. The number of aromatic amines is 1. The van der Waals surface area contributed by atoms with Gasteiger partial charge >= 0.3 is 5.69 Å². The number of hydrogen-bond donors (Lipinski definition) is 1. The van der Waals surface area contributed by atoms with Gasteiger partial charge in [0.1, 0.15) is 0 Å². The van der Waals surface area contributed by atoms with Crippen molar-refractivity contribution in [3.8, 4) is 6.07 Å². The molecule has 0 aliphatic heterocycles. The standard InChI is InChI=1S/C12H16BrN3O2/c1-12(2,8-14)5-3-4-6-16-7-9(13)10(17)15-11(16)18/h7H,3-6H2,1-2H3,(H,15,17,18). The van der Waals surface area contributed by atoms with E-state index in [1.54, 1.807) is 0 Å². The number of nitrogens with one attached hydrogen (secondary N) is 1. The van der Waals surface area contributed by atoms with Crippen LogP contribution >= 0.6 is 15.9 Å². The predicted octanol–water partition coefficient (Wildman–Crippen LogP) is 2.02. The van der Waals surface area contributed by atoms with Crippen LogP contribution in [-0.4, -0.2) is 9.55 Å². The van der Waals surface area contributed by atoms with Gasteiger partial charge in [0.15, 0.2) is 0 Å². The predicted molar refractivity (Wildman–Crippen MR) is 72.3 cm³/mol. The SMILES string of the molecule is CC(C)(C#N)CCCCn1cc(Br)c(=O)[nH]c1=O. The van der Waals surface area contributed by atoms with Crippen molar-refractivity contribution in [2.45, 2.75) is 39.7 Å². The lowest BCUT2D eigenvalue weighted by atomic mass is 9.89. The molecule has 5 nitrogen and oxygen atoms in total. The number of hydrogen-bond acceptors (Lipinski definition) is 3. The number of nitriles is 1. The van der Waals surface area contributed by atoms with Crippen LogP contribution in [0.3, 0.4) is 0 Å². The third-order valence-electron chi connectivity index (χ3n) is 2.72. The average molecular weight is 314 g/mol. The minimum Gasteiger partial charge on any atom is -0.299 e. The van der Waals surface area contributed by atoms with Crippen LogP contribution in [0.2, 0.25) is 0 Å². The summed E-state index contributed by atoms with van der Waals surface area (Å²) in [5.41, 5.74) is -1.14. The van der Waals surface area contributed by atoms with Crippen molar-refractivity contribution >= 4 is 15.9 Å². The smallest absolute Gasteiger partial charge is 0.299 e. The lowest BCUT2D eigenvalue weighted by Crippen LogP contribution is -2.29. The zero-order chi connectivity index (χ0) is 13.8. The van der Waals surface area contributed by atoms with Crippen molar-refractivity contribution in [3.05, 3.63) is 31.5 Å². The number of unbranched alkanes of at least 4 members (excludes halogenated alkanes) is 1. The van der Waals surface area contributed by atoms with E-state index in [1.165, 1.54) is 10.8 Å². The Labute approximate surface area is 114 Å². The summed E-state index contributed by atoms with van der Waals surface area (Å²) in [6.07, 6.45) is 3.95. The number of rotatable bonds is 5. The summed E-state index contributed by atoms with van der Waals surface area (Å²) in [6.45, 7) is 4.33. The van der Waals surface area contributed by atoms with Crippen LogP contribution in [0.25, 0.3) is 0 Å². The molecule has 0 radical (unpaired) electrons. The molecule has 0 aromatic carbocycles. The number of H-pyrrole nitrogens is 1. The molecule has 0 aliphatic carbocycles. The fraction of sp³-hybridized carbons (Fsp3) is 0.583. The summed E-state index contributed by atoms with van der Waals surface area (Å²) in [7, 11) is 0. The fourth-order valence-electron chi connectivity index (χ4n) is 1.55. The molecule has 1 N–H and O–H groups in total. The van der Waals surface area contributed by atoms with Crippen LogP contribution in [0.5, 0.6) is 0 Å². The molecule has 0 amide bonds. The van der Waals surface area contributed by atoms with Gasteiger partial charge in [0.25, 0.3) is 5.56 Å². The van der Waals surface area contributed by atoms with E-state index in [4.69, 9.17) is 5.26 Å². The van der Waals surface area contributed by atoms with Gasteiger partial charge in [-0.25, -0.2) is 4.79 Å². The molecule has 0 saturated heterocycles. The molecule has 0 spiro atoms. The van der Waals surface area contributed by atoms with Gasteiger partial charge in [-0.3, -0.25) is 14.3 Å². The molecule has 0 fully saturated rings. The molecular formula is C12H16BrN3O2. The summed E-state index contributed by atoms with van der Waals surface area (Å²) in [5, 5.41) is 8.87. The zero-order valence-electron chi connectivity index (χ0n) is 10.5. The highest BCUT2D eigenvalue weighted by atomic mass is 79.9. The number of halogens is 1. The minimum absolute atomic E-state index is 0.323. The van der Waals surface area contributed by atoms with Crippen molar-refractivity contribution in [3.63, 3.8) is 0 Å². The van der Waals surface area contributed by atoms with Crippen molar-refractivity contribution in [1.29, 1.82) is 5.26 Å². The van der Waals surface area contributed by atoms with Crippen LogP contribution in [0.1, 0.15) is 33.1 Å². The van der Waals surface area contributed by atoms with Gasteiger partial charge < -0.3 is 0 Å². The molecule has 1 aromatic heterocycles. The maximum atomic E-state index is 11.5. The molecule has 1 aromatic rings. The second kappa shape index (κ2) is 6.01. The van der Waals surface area contributed by atoms with Gasteiger partial charge in [0.05, 0.1) is 16.0 Å². The van der Waals surface area contributed by atoms with Gasteiger partial charge in [0, 0.05) is 12.7 Å². The maximum absolute atomic E-state index is 11.5. The van der Waals surface area contributed by atoms with Crippen molar-refractivity contribution < 1.29 is 0 Å². The van der Waals surface area contributed by atoms with Crippen LogP contribution < -0.4 is 11.2 Å². The third kappa shape index (κ3) is 4.15. The Kier molecular flexibility index (Phi) is 4.91. The Morgan fingerprint density at radius 2 is 2.11 bits per heavy atom. The molecule has 98 valence electrons. The quantitative estimate of drug-likeness (QED) is 0.845. The first-order chi connectivity index (χ1) is 8.35. The van der Waals surface area contributed by atoms with E-state index in [9.17, 15) is 9.59 Å². The molecule has 0 aliphatic rings. The fourth-order valence-corrected chi connectivity index (χ4v) is 1.90. The summed E-state index contributed by atoms with van der Waals surface area (Å²) in [5.74, 6) is 0. The lowest BCUT2D eigenvalue weighted by Gasteiger charge is -2.14. The number of aryl methyl sites for hydroxylation is 1. The largest absolute Gasteiger partial charge is 0.328 e. The van der Waals surface area contributed by atoms with E-state index in [0.29, 0.717) is 11.0 Å². The molecule has 0 bridgehead atoms. The first-order valence-corrected chi connectivity index (χ1v) is 6.55. The number of nitrogens with zero attached hydrogens (tertiary/aromatic N) is 2. The summed E-state index contributed by atoms with van der Waals surface area (Å²) >= 11 is 3.09. The first kappa shape index (κ1) is 14.7. The van der Waals surface area contributed by atoms with E-state index in [-0.39, 0.29) is 5.41 Å². The Morgan fingerprint density at radius 3 is 2.72 bits per heavy atom. The highest BCUT2D eigenvalue weighted by Crippen LogP contribution is 2.21. The molecule has 1 rings (SSSR count). The summed E-state index contributed by atoms with van der Waals surface area (Å²) < 4.78 is 1.81. The van der Waals surface area contributed by atoms with Crippen molar-refractivity contribution in [2.75, 3.05) is 0 Å². The van der Waals surface area contributed by atoms with E-state index in [1.807, 2.05) is 13.8 Å². The van der Waals surface area contributed by atoms with E-state index < -0.39 is 11.2 Å². The summed E-state index contributed by atoms with van der Waals surface area (Å²) in [6, 6.07) is 2.24. The van der Waals surface area contributed by atoms with Crippen molar-refractivity contribution in [1.82, 2.24) is 9.55 Å². The van der Waals surface area contributed by atoms with Gasteiger partial charge in [-0.15, -0.1) is 0 Å². The van der Waals surface area contributed by atoms with E-state index in [0.717, 1.165) is 19.3 Å². The molecule has 18 heavy (non-hydrogen) atoms. The van der Waals surface area contributed by atoms with Gasteiger partial charge in [-0.05, 0) is 42.6 Å². The maximum Gasteiger partial charge on any atom is 0.328 e. The molecule has 1 heterocycles. The van der Waals surface area contributed by atoms with Crippen LogP contribution in [0.15, 0.2) is 20.3 Å². The highest BCUT2D eigenvalue weighted by molar-refractivity contribution is 9.10. The van der Waals surface area contributed by atoms with Crippen molar-refractivity contribution in [2.24, 2.45) is 5.41 Å². The Balaban J connectivity index is 2.56. The Bertz CT molecular complexity index is 566. The van der Waals surface area contributed by atoms with E-state index in [2.05, 4.69) is 27.0 Å².